The molecule has 2 heterocycles. The molecule has 252 valence electrons. The third kappa shape index (κ3) is 9.80. The second kappa shape index (κ2) is 15.1. The Morgan fingerprint density at radius 3 is 2.13 bits per heavy atom. The van der Waals surface area contributed by atoms with Crippen LogP contribution in [0.4, 0.5) is 18.4 Å². The van der Waals surface area contributed by atoms with Crippen LogP contribution in [0.2, 0.25) is 0 Å². The quantitative estimate of drug-likeness (QED) is 0.334. The van der Waals surface area contributed by atoms with Crippen molar-refractivity contribution >= 4 is 18.1 Å². The minimum Gasteiger partial charge on any atom is -0.490 e. The predicted octanol–water partition coefficient (Wildman–Crippen LogP) is 6.52. The molecule has 0 saturated carbocycles. The number of carbonyl (C=O) groups excluding carboxylic acids is 3. The Bertz CT molecular complexity index is 1360. The second-order valence-electron chi connectivity index (χ2n) is 13.5. The molecular weight excluding hydrogens is 596 g/mol. The standard InChI is InChI=1S/C35H47F2N3O6/c1-22(2)44-34(43)39-16-13-24(14-17-39)23(3)45-29-11-9-25(10-12-29)26-7-8-27(30(37)19-26)20-31(38-33(42)46-35(4,5)6)32(41)40-18-15-28(36)21-40/h7-12,19,22-24,28,31H,13-18,20-21H2,1-6H3,(H,38,42)/t23-,28-,31?/m0/s1. The van der Waals surface area contributed by atoms with Crippen LogP contribution >= 0.6 is 0 Å². The molecule has 46 heavy (non-hydrogen) atoms. The molecule has 2 aromatic carbocycles. The highest BCUT2D eigenvalue weighted by Gasteiger charge is 2.33. The summed E-state index contributed by atoms with van der Waals surface area (Å²) in [5, 5.41) is 2.57. The lowest BCUT2D eigenvalue weighted by Crippen LogP contribution is -2.50. The first-order valence-electron chi connectivity index (χ1n) is 16.1. The van der Waals surface area contributed by atoms with Gasteiger partial charge in [-0.3, -0.25) is 4.79 Å². The van der Waals surface area contributed by atoms with Crippen molar-refractivity contribution in [2.75, 3.05) is 26.2 Å². The summed E-state index contributed by atoms with van der Waals surface area (Å²) >= 11 is 0. The van der Waals surface area contributed by atoms with Gasteiger partial charge in [-0.15, -0.1) is 0 Å². The van der Waals surface area contributed by atoms with Gasteiger partial charge in [0.1, 0.15) is 29.4 Å². The zero-order valence-electron chi connectivity index (χ0n) is 27.7. The molecule has 2 aromatic rings. The minimum atomic E-state index is -1.12. The van der Waals surface area contributed by atoms with E-state index in [1.165, 1.54) is 11.0 Å². The fourth-order valence-electron chi connectivity index (χ4n) is 5.76. The Morgan fingerprint density at radius 2 is 1.57 bits per heavy atom. The summed E-state index contributed by atoms with van der Waals surface area (Å²) in [7, 11) is 0. The minimum absolute atomic E-state index is 0.0489. The molecular formula is C35H47F2N3O6. The zero-order chi connectivity index (χ0) is 33.6. The number of hydrogen-bond acceptors (Lipinski definition) is 6. The van der Waals surface area contributed by atoms with Gasteiger partial charge in [0, 0.05) is 26.1 Å². The lowest BCUT2D eigenvalue weighted by atomic mass is 9.92. The van der Waals surface area contributed by atoms with Crippen molar-refractivity contribution in [2.45, 2.75) is 97.2 Å². The van der Waals surface area contributed by atoms with Crippen LogP contribution in [0.5, 0.6) is 5.75 Å². The molecule has 1 unspecified atom stereocenters. The maximum Gasteiger partial charge on any atom is 0.410 e. The Hall–Kier alpha value is -3.89. The molecule has 0 aromatic heterocycles. The maximum atomic E-state index is 15.4. The van der Waals surface area contributed by atoms with Crippen molar-refractivity contribution in [1.29, 1.82) is 0 Å². The van der Waals surface area contributed by atoms with E-state index in [1.807, 2.05) is 45.0 Å². The molecule has 0 aliphatic carbocycles. The van der Waals surface area contributed by atoms with Gasteiger partial charge in [0.25, 0.3) is 0 Å². The highest BCUT2D eigenvalue weighted by Crippen LogP contribution is 2.29. The molecule has 3 amide bonds. The number of amides is 3. The van der Waals surface area contributed by atoms with Crippen LogP contribution in [0.1, 0.15) is 66.4 Å². The summed E-state index contributed by atoms with van der Waals surface area (Å²) in [6.07, 6.45) is -0.619. The monoisotopic (exact) mass is 643 g/mol. The van der Waals surface area contributed by atoms with Crippen LogP contribution in [-0.4, -0.2) is 84.1 Å². The van der Waals surface area contributed by atoms with Crippen LogP contribution in [-0.2, 0) is 20.7 Å². The average Bonchev–Trinajstić information content (AvgIpc) is 3.42. The van der Waals surface area contributed by atoms with E-state index >= 15 is 4.39 Å². The van der Waals surface area contributed by atoms with E-state index in [-0.39, 0.29) is 49.8 Å². The summed E-state index contributed by atoms with van der Waals surface area (Å²) in [6.45, 7) is 12.3. The summed E-state index contributed by atoms with van der Waals surface area (Å²) < 4.78 is 46.1. The van der Waals surface area contributed by atoms with Crippen LogP contribution < -0.4 is 10.1 Å². The van der Waals surface area contributed by atoms with Gasteiger partial charge in [-0.25, -0.2) is 18.4 Å². The van der Waals surface area contributed by atoms with E-state index in [9.17, 15) is 18.8 Å². The van der Waals surface area contributed by atoms with Crippen LogP contribution in [0.15, 0.2) is 42.5 Å². The number of rotatable bonds is 9. The third-order valence-electron chi connectivity index (χ3n) is 8.22. The van der Waals surface area contributed by atoms with E-state index in [0.717, 1.165) is 18.4 Å². The number of nitrogens with zero attached hydrogens (tertiary/aromatic N) is 2. The Balaban J connectivity index is 1.37. The average molecular weight is 644 g/mol. The highest BCUT2D eigenvalue weighted by atomic mass is 19.1. The van der Waals surface area contributed by atoms with Gasteiger partial charge in [-0.2, -0.15) is 0 Å². The second-order valence-corrected chi connectivity index (χ2v) is 13.5. The van der Waals surface area contributed by atoms with Crippen molar-refractivity contribution in [3.8, 4) is 16.9 Å². The Morgan fingerprint density at radius 1 is 0.935 bits per heavy atom. The SMILES string of the molecule is CC(C)OC(=O)N1CCC([C@H](C)Oc2ccc(-c3ccc(CC(NC(=O)OC(C)(C)C)C(=O)N4CC[C@H](F)C4)c(F)c3)cc2)CC1. The number of alkyl carbamates (subject to hydrolysis) is 1. The largest absolute Gasteiger partial charge is 0.490 e. The van der Waals surface area contributed by atoms with E-state index < -0.39 is 35.6 Å². The molecule has 2 aliphatic heterocycles. The van der Waals surface area contributed by atoms with E-state index in [4.69, 9.17) is 14.2 Å². The van der Waals surface area contributed by atoms with Crippen molar-refractivity contribution < 1.29 is 37.4 Å². The molecule has 0 bridgehead atoms. The van der Waals surface area contributed by atoms with Crippen LogP contribution in [0.25, 0.3) is 11.1 Å². The number of alkyl halides is 1. The molecule has 9 nitrogen and oxygen atoms in total. The predicted molar refractivity (Wildman–Crippen MR) is 171 cm³/mol. The number of piperidine rings is 1. The lowest BCUT2D eigenvalue weighted by molar-refractivity contribution is -0.132. The van der Waals surface area contributed by atoms with Gasteiger partial charge in [-0.05, 0) is 102 Å². The molecule has 1 N–H and O–H groups in total. The number of ether oxygens (including phenoxy) is 3. The first-order valence-corrected chi connectivity index (χ1v) is 16.1. The first kappa shape index (κ1) is 35.0. The maximum absolute atomic E-state index is 15.4. The van der Waals surface area contributed by atoms with Crippen molar-refractivity contribution in [3.63, 3.8) is 0 Å². The Kier molecular flexibility index (Phi) is 11.5. The molecule has 0 radical (unpaired) electrons. The first-order chi connectivity index (χ1) is 21.7. The molecule has 0 spiro atoms. The number of hydrogen-bond donors (Lipinski definition) is 1. The van der Waals surface area contributed by atoms with Gasteiger partial charge in [0.05, 0.1) is 18.8 Å². The molecule has 3 atom stereocenters. The van der Waals surface area contributed by atoms with Crippen molar-refractivity contribution in [2.24, 2.45) is 5.92 Å². The van der Waals surface area contributed by atoms with Crippen LogP contribution in [0, 0.1) is 11.7 Å². The lowest BCUT2D eigenvalue weighted by Gasteiger charge is -2.34. The number of benzene rings is 2. The smallest absolute Gasteiger partial charge is 0.410 e. The van der Waals surface area contributed by atoms with Gasteiger partial charge >= 0.3 is 12.2 Å². The summed E-state index contributed by atoms with van der Waals surface area (Å²) in [5.41, 5.74) is 0.882. The molecule has 2 fully saturated rings. The van der Waals surface area contributed by atoms with Gasteiger partial charge < -0.3 is 29.3 Å². The summed E-state index contributed by atoms with van der Waals surface area (Å²) in [5.74, 6) is -0.00192. The Labute approximate surface area is 270 Å². The number of halogens is 2. The summed E-state index contributed by atoms with van der Waals surface area (Å²) in [4.78, 5) is 41.0. The number of carbonyl (C=O) groups is 3. The fourth-order valence-corrected chi connectivity index (χ4v) is 5.76. The molecule has 2 saturated heterocycles. The topological polar surface area (TPSA) is 97.4 Å². The van der Waals surface area contributed by atoms with E-state index in [0.29, 0.717) is 30.3 Å². The molecule has 2 aliphatic rings. The van der Waals surface area contributed by atoms with Crippen molar-refractivity contribution in [3.05, 3.63) is 53.8 Å². The normalized spacial score (nSPS) is 18.7. The fraction of sp³-hybridized carbons (Fsp3) is 0.571. The summed E-state index contributed by atoms with van der Waals surface area (Å²) in [6, 6.07) is 11.1. The molecule has 11 heteroatoms. The van der Waals surface area contributed by atoms with Crippen molar-refractivity contribution in [1.82, 2.24) is 15.1 Å². The zero-order valence-corrected chi connectivity index (χ0v) is 27.7. The van der Waals surface area contributed by atoms with Gasteiger partial charge in [0.15, 0.2) is 0 Å². The number of likely N-dealkylation sites (tertiary alicyclic amines) is 2. The van der Waals surface area contributed by atoms with Crippen LogP contribution in [0.3, 0.4) is 0 Å². The number of nitrogens with one attached hydrogen (secondary N) is 1. The third-order valence-corrected chi connectivity index (χ3v) is 8.22. The van der Waals surface area contributed by atoms with E-state index in [2.05, 4.69) is 5.32 Å². The van der Waals surface area contributed by atoms with Gasteiger partial charge in [-0.1, -0.05) is 24.3 Å². The molecule has 4 rings (SSSR count). The highest BCUT2D eigenvalue weighted by molar-refractivity contribution is 5.86. The van der Waals surface area contributed by atoms with E-state index in [1.54, 1.807) is 37.8 Å². The van der Waals surface area contributed by atoms with Gasteiger partial charge in [0.2, 0.25) is 5.91 Å².